The van der Waals surface area contributed by atoms with Crippen molar-refractivity contribution in [3.63, 3.8) is 0 Å². The highest BCUT2D eigenvalue weighted by molar-refractivity contribution is 5.82. The predicted octanol–water partition coefficient (Wildman–Crippen LogP) is 19.5. The second kappa shape index (κ2) is 49.9. The van der Waals surface area contributed by atoms with Crippen LogP contribution in [0.1, 0.15) is 338 Å². The summed E-state index contributed by atoms with van der Waals surface area (Å²) in [6.07, 6.45) is 34.6. The summed E-state index contributed by atoms with van der Waals surface area (Å²) in [5.74, 6) is 9.35. The van der Waals surface area contributed by atoms with Gasteiger partial charge in [0.05, 0.1) is 60.9 Å². The number of hydrogen-bond donors (Lipinski definition) is 0. The number of carbonyl (C=O) groups excluding carboxylic acids is 8. The van der Waals surface area contributed by atoms with Gasteiger partial charge in [0.15, 0.2) is 25.3 Å². The Kier molecular flexibility index (Phi) is 45.2. The summed E-state index contributed by atoms with van der Waals surface area (Å²) in [6.45, 7) is 43.2. The van der Waals surface area contributed by atoms with Gasteiger partial charge in [-0.25, -0.2) is 0 Å². The van der Waals surface area contributed by atoms with E-state index in [1.165, 1.54) is 89.9 Å². The minimum atomic E-state index is -0.326. The van der Waals surface area contributed by atoms with Crippen molar-refractivity contribution < 1.29 is 85.7 Å². The lowest BCUT2D eigenvalue weighted by Crippen LogP contribution is -2.39. The molecule has 0 aromatic carbocycles. The van der Waals surface area contributed by atoms with Crippen molar-refractivity contribution >= 4 is 47.4 Å². The van der Waals surface area contributed by atoms with Gasteiger partial charge in [-0.3, -0.25) is 38.4 Å². The SMILES string of the molecule is CC.CC.CC.CC.CC.CC.CC.CC.CC.CC.O=C1CC2CCCC2C1.O=C1CC2CCOC2C1.O=C1CC2OC3OCOC3C2O1.O=C1OC2CC3CC(C2)CC1C3.O=C1OC2CC3CC2CC13.O=C1OCC2CCCC12.O=C1OCCC12CC1CCC2C1.O=C1OCCC12CCCCC2. The number of ketones is 2. The molecule has 22 rings (SSSR count). The molecule has 22 fully saturated rings. The van der Waals surface area contributed by atoms with Crippen molar-refractivity contribution in [3.05, 3.63) is 0 Å². The molecule has 19 unspecified atom stereocenters. The van der Waals surface area contributed by atoms with Crippen LogP contribution in [0.4, 0.5) is 0 Å². The molecule has 18 nitrogen and oxygen atoms in total. The number of Topliss-reactive ketones (excluding diaryl/α,β-unsaturated/α-hetero) is 2. The summed E-state index contributed by atoms with van der Waals surface area (Å²) in [6, 6.07) is 0. The van der Waals surface area contributed by atoms with Gasteiger partial charge in [-0.05, 0) is 182 Å². The van der Waals surface area contributed by atoms with E-state index < -0.39 is 0 Å². The van der Waals surface area contributed by atoms with Crippen LogP contribution in [0.2, 0.25) is 0 Å². The molecule has 0 aromatic rings. The fraction of sp³-hybridized carbons (Fsp3) is 0.907. The van der Waals surface area contributed by atoms with Crippen LogP contribution in [0.5, 0.6) is 0 Å². The lowest BCUT2D eigenvalue weighted by atomic mass is 9.68. The average Bonchev–Trinajstić information content (AvgIpc) is 1.56. The van der Waals surface area contributed by atoms with Crippen LogP contribution in [0.25, 0.3) is 0 Å². The van der Waals surface area contributed by atoms with Crippen molar-refractivity contribution in [2.45, 2.75) is 380 Å². The molecule has 10 bridgehead atoms. The molecule has 19 atom stereocenters. The van der Waals surface area contributed by atoms with Crippen molar-refractivity contribution in [1.82, 2.24) is 0 Å². The summed E-state index contributed by atoms with van der Waals surface area (Å²) in [5.41, 5.74) is -0.0266. The molecular weight excluding hydrogens is 1320 g/mol. The zero-order valence-corrected chi connectivity index (χ0v) is 69.4. The van der Waals surface area contributed by atoms with E-state index in [2.05, 4.69) is 0 Å². The van der Waals surface area contributed by atoms with Crippen molar-refractivity contribution in [3.8, 4) is 0 Å². The number of ether oxygens (including phenoxy) is 10. The third-order valence-electron chi connectivity index (χ3n) is 24.2. The Hall–Kier alpha value is -4.00. The number of esters is 6. The highest BCUT2D eigenvalue weighted by atomic mass is 16.8. The van der Waals surface area contributed by atoms with Gasteiger partial charge in [-0.15, -0.1) is 0 Å². The molecule has 22 aliphatic rings. The first-order valence-corrected chi connectivity index (χ1v) is 43.4. The van der Waals surface area contributed by atoms with Gasteiger partial charge in [0.1, 0.15) is 29.9 Å². The minimum absolute atomic E-state index is 0.00289. The van der Waals surface area contributed by atoms with Crippen LogP contribution in [0.3, 0.4) is 0 Å². The van der Waals surface area contributed by atoms with Crippen molar-refractivity contribution in [1.29, 1.82) is 0 Å². The van der Waals surface area contributed by atoms with E-state index >= 15 is 0 Å². The van der Waals surface area contributed by atoms with Gasteiger partial charge in [0, 0.05) is 38.2 Å². The van der Waals surface area contributed by atoms with E-state index in [0.717, 1.165) is 138 Å². The topological polar surface area (TPSA) is 229 Å². The molecule has 0 N–H and O–H groups in total. The van der Waals surface area contributed by atoms with E-state index in [1.54, 1.807) is 0 Å². The average molecular weight is 1470 g/mol. The fourth-order valence-electron chi connectivity index (χ4n) is 19.9. The number of rotatable bonds is 0. The Morgan fingerprint density at radius 3 is 1.48 bits per heavy atom. The van der Waals surface area contributed by atoms with Crippen LogP contribution in [0.15, 0.2) is 0 Å². The quantitative estimate of drug-likeness (QED) is 0.162. The number of cyclic esters (lactones) is 3. The zero-order chi connectivity index (χ0) is 77.7. The second-order valence-corrected chi connectivity index (χ2v) is 29.2. The number of hydrogen-bond acceptors (Lipinski definition) is 18. The molecule has 11 saturated heterocycles. The summed E-state index contributed by atoms with van der Waals surface area (Å²) >= 11 is 0. The molecule has 11 aliphatic heterocycles. The van der Waals surface area contributed by atoms with Gasteiger partial charge < -0.3 is 47.4 Å². The molecule has 0 radical (unpaired) electrons. The van der Waals surface area contributed by atoms with Crippen molar-refractivity contribution in [2.24, 2.45) is 87.8 Å². The largest absolute Gasteiger partial charge is 0.465 e. The van der Waals surface area contributed by atoms with Gasteiger partial charge in [-0.1, -0.05) is 177 Å². The minimum Gasteiger partial charge on any atom is -0.465 e. The van der Waals surface area contributed by atoms with Crippen LogP contribution in [-0.4, -0.2) is 124 Å². The summed E-state index contributed by atoms with van der Waals surface area (Å²) in [4.78, 5) is 88.7. The second-order valence-electron chi connectivity index (χ2n) is 29.2. The summed E-state index contributed by atoms with van der Waals surface area (Å²) in [5, 5.41) is 0. The Morgan fingerprint density at radius 1 is 0.356 bits per heavy atom. The highest BCUT2D eigenvalue weighted by Gasteiger charge is 2.59. The van der Waals surface area contributed by atoms with Gasteiger partial charge in [-0.2, -0.15) is 0 Å². The van der Waals surface area contributed by atoms with Crippen LogP contribution < -0.4 is 0 Å². The zero-order valence-electron chi connectivity index (χ0n) is 69.4. The number of carbonyl (C=O) groups is 8. The Morgan fingerprint density at radius 2 is 0.952 bits per heavy atom. The van der Waals surface area contributed by atoms with Crippen LogP contribution in [0, 0.1) is 87.8 Å². The Bertz CT molecular complexity index is 2400. The van der Waals surface area contributed by atoms with E-state index in [-0.39, 0.29) is 96.0 Å². The van der Waals surface area contributed by atoms with E-state index in [0.29, 0.717) is 86.0 Å². The number of fused-ring (bicyclic) bond motifs is 11. The maximum atomic E-state index is 11.6. The van der Waals surface area contributed by atoms with Gasteiger partial charge in [0.2, 0.25) is 0 Å². The molecule has 18 heteroatoms. The molecule has 11 saturated carbocycles. The van der Waals surface area contributed by atoms with Crippen LogP contribution in [-0.2, 0) is 85.7 Å². The monoisotopic (exact) mass is 1470 g/mol. The van der Waals surface area contributed by atoms with Crippen molar-refractivity contribution in [2.75, 3.05) is 33.2 Å². The molecule has 11 heterocycles. The maximum Gasteiger partial charge on any atom is 0.312 e. The first-order valence-electron chi connectivity index (χ1n) is 43.4. The Balaban J connectivity index is 0.000000299. The van der Waals surface area contributed by atoms with E-state index in [1.807, 2.05) is 138 Å². The third-order valence-corrected chi connectivity index (χ3v) is 24.2. The lowest BCUT2D eigenvalue weighted by Gasteiger charge is -2.35. The van der Waals surface area contributed by atoms with Crippen LogP contribution >= 0.6 is 0 Å². The summed E-state index contributed by atoms with van der Waals surface area (Å²) < 4.78 is 51.7. The summed E-state index contributed by atoms with van der Waals surface area (Å²) in [7, 11) is 0. The standard InChI is InChI=1S/2C10H14O2.C9H14O2.C8H10O2.C8H12O.C7H8O5.2C7H10O2.10C2H6/c11-10-8-2-6-1-7(3-8)5-9(4-6)12-10;11-9-10(3-4-12-9)6-7-1-2-8(10)5-7;10-8-9(6-7-11-8)4-2-1-3-5-9;9-8-6-2-5-1-4(6)3-7(5)10-8;9-8-4-6-2-1-3-7(6)5-8;8-4-1-3-5(12-4)6-7(11-3)10-2-9-6;8-6-3-5-1-2-9-7(5)4-6;8-7-6-3-1-2-5(6)4-9-7;10*1-2/h6-9H,1-5H2;7-8H,1-6H2;1-7H2;4-7H,1-3H2;6-7H,1-5H2;3,5-7H,1-2H2;5,7H,1-4H2;5-6H,1-4H2;10*1-2H3. The molecule has 104 heavy (non-hydrogen) atoms. The lowest BCUT2D eigenvalue weighted by molar-refractivity contribution is -0.169. The third kappa shape index (κ3) is 24.8. The first-order chi connectivity index (χ1) is 50.7. The fourth-order valence-corrected chi connectivity index (χ4v) is 19.9. The molecule has 0 amide bonds. The molecule has 11 aliphatic carbocycles. The smallest absolute Gasteiger partial charge is 0.312 e. The maximum absolute atomic E-state index is 11.6. The van der Waals surface area contributed by atoms with E-state index in [4.69, 9.17) is 47.4 Å². The molecule has 604 valence electrons. The Labute approximate surface area is 631 Å². The van der Waals surface area contributed by atoms with E-state index in [9.17, 15) is 38.4 Å². The first kappa shape index (κ1) is 94.2. The molecular formula is C86H152O18. The normalized spacial score (nSPS) is 37.2. The molecule has 2 spiro atoms. The highest BCUT2D eigenvalue weighted by Crippen LogP contribution is 2.60. The van der Waals surface area contributed by atoms with Gasteiger partial charge in [0.25, 0.3) is 0 Å². The predicted molar refractivity (Wildman–Crippen MR) is 409 cm³/mol. The van der Waals surface area contributed by atoms with Gasteiger partial charge >= 0.3 is 35.8 Å². The molecule has 0 aromatic heterocycles.